The summed E-state index contributed by atoms with van der Waals surface area (Å²) in [6.07, 6.45) is 2.48. The maximum Gasteiger partial charge on any atom is 0.242 e. The van der Waals surface area contributed by atoms with Gasteiger partial charge in [-0.05, 0) is 52.4 Å². The largest absolute Gasteiger partial charge is 0.357 e. The number of hydrogen-bond donors (Lipinski definition) is 2. The van der Waals surface area contributed by atoms with Crippen molar-refractivity contribution >= 4 is 11.9 Å². The molecule has 1 rings (SSSR count). The first-order valence-corrected chi connectivity index (χ1v) is 8.55. The van der Waals surface area contributed by atoms with E-state index in [1.54, 1.807) is 0 Å². The molecule has 2 N–H and O–H groups in total. The first-order valence-electron chi connectivity index (χ1n) is 8.55. The molecule has 1 unspecified atom stereocenters. The number of rotatable bonds is 5. The molecule has 1 aliphatic rings. The zero-order valence-corrected chi connectivity index (χ0v) is 15.2. The van der Waals surface area contributed by atoms with Gasteiger partial charge in [0.05, 0.1) is 0 Å². The van der Waals surface area contributed by atoms with Crippen LogP contribution >= 0.6 is 0 Å². The van der Waals surface area contributed by atoms with Crippen LogP contribution in [0.25, 0.3) is 0 Å². The van der Waals surface area contributed by atoms with Crippen LogP contribution in [-0.2, 0) is 4.79 Å². The number of amides is 1. The Morgan fingerprint density at radius 3 is 2.59 bits per heavy atom. The van der Waals surface area contributed by atoms with E-state index in [4.69, 9.17) is 0 Å². The minimum atomic E-state index is -0.207. The lowest BCUT2D eigenvalue weighted by molar-refractivity contribution is -0.121. The van der Waals surface area contributed by atoms with Gasteiger partial charge in [0.25, 0.3) is 0 Å². The molecule has 5 nitrogen and oxygen atoms in total. The molecule has 0 aromatic carbocycles. The molecule has 0 spiro atoms. The van der Waals surface area contributed by atoms with Gasteiger partial charge in [0.1, 0.15) is 6.54 Å². The van der Waals surface area contributed by atoms with E-state index < -0.39 is 0 Å². The van der Waals surface area contributed by atoms with Crippen molar-refractivity contribution in [1.29, 1.82) is 0 Å². The Labute approximate surface area is 135 Å². The monoisotopic (exact) mass is 310 g/mol. The lowest BCUT2D eigenvalue weighted by atomic mass is 9.97. The van der Waals surface area contributed by atoms with Crippen molar-refractivity contribution in [1.82, 2.24) is 15.5 Å². The van der Waals surface area contributed by atoms with Crippen LogP contribution in [0.1, 0.15) is 54.4 Å². The first-order chi connectivity index (χ1) is 10.2. The quantitative estimate of drug-likeness (QED) is 0.605. The molecule has 1 fully saturated rings. The number of carbonyl (C=O) groups excluding carboxylic acids is 1. The van der Waals surface area contributed by atoms with E-state index >= 15 is 0 Å². The van der Waals surface area contributed by atoms with Crippen molar-refractivity contribution in [2.24, 2.45) is 16.8 Å². The van der Waals surface area contributed by atoms with Crippen molar-refractivity contribution in [3.8, 4) is 0 Å². The molecule has 1 aliphatic heterocycles. The van der Waals surface area contributed by atoms with Gasteiger partial charge < -0.3 is 15.5 Å². The van der Waals surface area contributed by atoms with E-state index in [9.17, 15) is 4.79 Å². The molecule has 0 aliphatic carbocycles. The van der Waals surface area contributed by atoms with E-state index in [0.717, 1.165) is 37.4 Å². The molecule has 5 heteroatoms. The smallest absolute Gasteiger partial charge is 0.242 e. The van der Waals surface area contributed by atoms with Crippen molar-refractivity contribution in [3.63, 3.8) is 0 Å². The molecular formula is C17H34N4O. The highest BCUT2D eigenvalue weighted by molar-refractivity contribution is 5.85. The molecule has 0 aromatic heterocycles. The minimum Gasteiger partial charge on any atom is -0.357 e. The molecule has 1 atom stereocenters. The van der Waals surface area contributed by atoms with Crippen LogP contribution in [0.5, 0.6) is 0 Å². The Bertz CT molecular complexity index is 385. The Kier molecular flexibility index (Phi) is 7.17. The van der Waals surface area contributed by atoms with Gasteiger partial charge in [0.15, 0.2) is 5.96 Å². The van der Waals surface area contributed by atoms with E-state index in [-0.39, 0.29) is 18.0 Å². The molecule has 1 saturated heterocycles. The third kappa shape index (κ3) is 7.14. The normalized spacial score (nSPS) is 19.7. The summed E-state index contributed by atoms with van der Waals surface area (Å²) in [5, 5.41) is 6.26. The fourth-order valence-corrected chi connectivity index (χ4v) is 2.91. The van der Waals surface area contributed by atoms with Crippen molar-refractivity contribution in [2.75, 3.05) is 26.2 Å². The Morgan fingerprint density at radius 2 is 2.05 bits per heavy atom. The van der Waals surface area contributed by atoms with Crippen LogP contribution in [-0.4, -0.2) is 48.5 Å². The van der Waals surface area contributed by atoms with Crippen molar-refractivity contribution in [2.45, 2.75) is 59.9 Å². The summed E-state index contributed by atoms with van der Waals surface area (Å²) in [7, 11) is 0. The zero-order chi connectivity index (χ0) is 16.8. The summed E-state index contributed by atoms with van der Waals surface area (Å²) in [6.45, 7) is 15.7. The third-order valence-corrected chi connectivity index (χ3v) is 3.61. The summed E-state index contributed by atoms with van der Waals surface area (Å²) in [5.41, 5.74) is -0.207. The Balaban J connectivity index is 2.58. The number of nitrogens with one attached hydrogen (secondary N) is 2. The molecule has 22 heavy (non-hydrogen) atoms. The lowest BCUT2D eigenvalue weighted by Crippen LogP contribution is -2.44. The second-order valence-corrected chi connectivity index (χ2v) is 7.70. The maximum atomic E-state index is 11.9. The van der Waals surface area contributed by atoms with Crippen molar-refractivity contribution in [3.05, 3.63) is 0 Å². The average Bonchev–Trinajstić information content (AvgIpc) is 2.79. The molecule has 1 amide bonds. The number of hydrogen-bond acceptors (Lipinski definition) is 2. The fraction of sp³-hybridized carbons (Fsp3) is 0.882. The highest BCUT2D eigenvalue weighted by atomic mass is 16.2. The Morgan fingerprint density at radius 1 is 1.36 bits per heavy atom. The van der Waals surface area contributed by atoms with Crippen LogP contribution in [0, 0.1) is 11.8 Å². The Hall–Kier alpha value is -1.26. The van der Waals surface area contributed by atoms with Gasteiger partial charge in [-0.3, -0.25) is 4.79 Å². The van der Waals surface area contributed by atoms with Gasteiger partial charge in [-0.25, -0.2) is 4.99 Å². The highest BCUT2D eigenvalue weighted by Crippen LogP contribution is 2.23. The van der Waals surface area contributed by atoms with E-state index in [0.29, 0.717) is 0 Å². The number of nitrogens with zero attached hydrogens (tertiary/aromatic N) is 2. The molecule has 0 radical (unpaired) electrons. The minimum absolute atomic E-state index is 0.0270. The number of guanidine groups is 1. The van der Waals surface area contributed by atoms with Gasteiger partial charge in [-0.1, -0.05) is 13.8 Å². The summed E-state index contributed by atoms with van der Waals surface area (Å²) < 4.78 is 0. The van der Waals surface area contributed by atoms with Gasteiger partial charge in [-0.15, -0.1) is 0 Å². The molecule has 0 saturated carbocycles. The van der Waals surface area contributed by atoms with E-state index in [1.165, 1.54) is 12.8 Å². The lowest BCUT2D eigenvalue weighted by Gasteiger charge is -2.23. The second kappa shape index (κ2) is 8.39. The zero-order valence-electron chi connectivity index (χ0n) is 15.2. The van der Waals surface area contributed by atoms with Crippen LogP contribution in [0.2, 0.25) is 0 Å². The molecule has 0 aromatic rings. The van der Waals surface area contributed by atoms with Crippen molar-refractivity contribution < 1.29 is 4.79 Å². The van der Waals surface area contributed by atoms with E-state index in [2.05, 4.69) is 41.3 Å². The summed E-state index contributed by atoms with van der Waals surface area (Å²) in [4.78, 5) is 18.7. The van der Waals surface area contributed by atoms with Crippen LogP contribution in [0.4, 0.5) is 0 Å². The first kappa shape index (κ1) is 18.8. The van der Waals surface area contributed by atoms with Crippen LogP contribution in [0.3, 0.4) is 0 Å². The number of carbonyl (C=O) groups is 1. The summed E-state index contributed by atoms with van der Waals surface area (Å²) >= 11 is 0. The average molecular weight is 310 g/mol. The van der Waals surface area contributed by atoms with Gasteiger partial charge in [-0.2, -0.15) is 0 Å². The third-order valence-electron chi connectivity index (χ3n) is 3.61. The van der Waals surface area contributed by atoms with Gasteiger partial charge in [0.2, 0.25) is 5.91 Å². The van der Waals surface area contributed by atoms with Gasteiger partial charge in [0, 0.05) is 25.2 Å². The molecule has 128 valence electrons. The molecule has 1 heterocycles. The van der Waals surface area contributed by atoms with Crippen LogP contribution in [0.15, 0.2) is 4.99 Å². The predicted molar refractivity (Wildman–Crippen MR) is 93.0 cm³/mol. The molecular weight excluding hydrogens is 276 g/mol. The van der Waals surface area contributed by atoms with Gasteiger partial charge >= 0.3 is 0 Å². The summed E-state index contributed by atoms with van der Waals surface area (Å²) in [6, 6.07) is 0. The number of likely N-dealkylation sites (tertiary alicyclic amines) is 1. The molecule has 0 bridgehead atoms. The maximum absolute atomic E-state index is 11.9. The SMILES string of the molecule is CCNC(=NCC(=O)NC(C)(C)C)N1CCC(CC(C)C)C1. The topological polar surface area (TPSA) is 56.7 Å². The van der Waals surface area contributed by atoms with Crippen LogP contribution < -0.4 is 10.6 Å². The number of aliphatic imine (C=N–C) groups is 1. The standard InChI is InChI=1S/C17H34N4O/c1-7-18-16(19-11-15(22)20-17(4,5)6)21-9-8-14(12-21)10-13(2)3/h13-14H,7-12H2,1-6H3,(H,18,19)(H,20,22). The second-order valence-electron chi connectivity index (χ2n) is 7.70. The highest BCUT2D eigenvalue weighted by Gasteiger charge is 2.25. The predicted octanol–water partition coefficient (Wildman–Crippen LogP) is 2.23. The van der Waals surface area contributed by atoms with E-state index in [1.807, 2.05) is 20.8 Å². The fourth-order valence-electron chi connectivity index (χ4n) is 2.91. The summed E-state index contributed by atoms with van der Waals surface area (Å²) in [5.74, 6) is 2.33.